The van der Waals surface area contributed by atoms with Crippen molar-refractivity contribution in [1.29, 1.82) is 0 Å². The van der Waals surface area contributed by atoms with Gasteiger partial charge in [0.2, 0.25) is 12.7 Å². The summed E-state index contributed by atoms with van der Waals surface area (Å²) >= 11 is 0. The summed E-state index contributed by atoms with van der Waals surface area (Å²) in [6.07, 6.45) is 10.9. The predicted octanol–water partition coefficient (Wildman–Crippen LogP) is 2.92. The maximum Gasteiger partial charge on any atom is 0.410 e. The van der Waals surface area contributed by atoms with Crippen molar-refractivity contribution in [3.63, 3.8) is 0 Å². The molecule has 0 fully saturated rings. The molecule has 4 aromatic rings. The SMILES string of the molecule is C[n+]1ccn(CCN(CCN(CCn2cc[n+](C)c2)C(=O)OCc2ccccc2)C(=O)OCc2ccccc2)c1. The predicted molar refractivity (Wildman–Crippen MR) is 148 cm³/mol. The van der Waals surface area contributed by atoms with Gasteiger partial charge >= 0.3 is 12.2 Å². The fraction of sp³-hybridized carbons (Fsp3) is 0.333. The lowest BCUT2D eigenvalue weighted by atomic mass is 10.2. The summed E-state index contributed by atoms with van der Waals surface area (Å²) in [7, 11) is 3.90. The van der Waals surface area contributed by atoms with Gasteiger partial charge in [0.25, 0.3) is 0 Å². The maximum atomic E-state index is 13.2. The standard InChI is InChI=1S/C30H38N6O4/c1-31-13-15-33(25-31)17-19-35(29(37)39-23-27-9-5-3-6-10-27)21-22-36(20-18-34-16-14-32(2)26-34)30(38)40-24-28-11-7-4-8-12-28/h3-16,25-26H,17-24H2,1-2H3/q+2. The molecule has 2 amide bonds. The number of benzene rings is 2. The van der Waals surface area contributed by atoms with Gasteiger partial charge < -0.3 is 19.3 Å². The van der Waals surface area contributed by atoms with Crippen LogP contribution in [0.2, 0.25) is 0 Å². The van der Waals surface area contributed by atoms with E-state index in [1.165, 1.54) is 0 Å². The maximum absolute atomic E-state index is 13.2. The van der Waals surface area contributed by atoms with Crippen molar-refractivity contribution in [2.45, 2.75) is 26.3 Å². The lowest BCUT2D eigenvalue weighted by Gasteiger charge is -2.26. The van der Waals surface area contributed by atoms with Crippen molar-refractivity contribution in [1.82, 2.24) is 18.9 Å². The van der Waals surface area contributed by atoms with Gasteiger partial charge in [-0.3, -0.25) is 0 Å². The molecule has 0 saturated heterocycles. The number of ether oxygens (including phenoxy) is 2. The average molecular weight is 547 g/mol. The number of amides is 2. The van der Waals surface area contributed by atoms with Gasteiger partial charge in [-0.25, -0.2) is 27.9 Å². The molecule has 10 nitrogen and oxygen atoms in total. The third kappa shape index (κ3) is 9.00. The molecule has 0 atom stereocenters. The quantitative estimate of drug-likeness (QED) is 0.242. The highest BCUT2D eigenvalue weighted by molar-refractivity contribution is 5.69. The van der Waals surface area contributed by atoms with Crippen LogP contribution in [0.5, 0.6) is 0 Å². The first-order valence-electron chi connectivity index (χ1n) is 13.4. The molecule has 2 aromatic carbocycles. The number of rotatable bonds is 13. The average Bonchev–Trinajstić information content (AvgIpc) is 3.60. The number of imidazole rings is 2. The van der Waals surface area contributed by atoms with Crippen LogP contribution in [-0.2, 0) is 49.9 Å². The minimum Gasteiger partial charge on any atom is -0.445 e. The first kappa shape index (κ1) is 28.4. The van der Waals surface area contributed by atoms with Gasteiger partial charge in [-0.15, -0.1) is 0 Å². The van der Waals surface area contributed by atoms with E-state index in [2.05, 4.69) is 0 Å². The summed E-state index contributed by atoms with van der Waals surface area (Å²) in [5.41, 5.74) is 1.83. The van der Waals surface area contributed by atoms with E-state index in [1.807, 2.05) is 130 Å². The Balaban J connectivity index is 1.41. The fourth-order valence-corrected chi connectivity index (χ4v) is 4.19. The zero-order valence-electron chi connectivity index (χ0n) is 23.2. The second-order valence-electron chi connectivity index (χ2n) is 9.69. The van der Waals surface area contributed by atoms with Crippen LogP contribution >= 0.6 is 0 Å². The van der Waals surface area contributed by atoms with E-state index in [0.717, 1.165) is 11.1 Å². The molecule has 0 spiro atoms. The summed E-state index contributed by atoms with van der Waals surface area (Å²) < 4.78 is 19.2. The Hall–Kier alpha value is -4.60. The van der Waals surface area contributed by atoms with E-state index in [9.17, 15) is 9.59 Å². The second-order valence-corrected chi connectivity index (χ2v) is 9.69. The molecule has 0 unspecified atom stereocenters. The van der Waals surface area contributed by atoms with Crippen molar-refractivity contribution >= 4 is 12.2 Å². The molecule has 0 saturated carbocycles. The highest BCUT2D eigenvalue weighted by Gasteiger charge is 2.22. The van der Waals surface area contributed by atoms with E-state index in [1.54, 1.807) is 9.80 Å². The minimum atomic E-state index is -0.421. The van der Waals surface area contributed by atoms with E-state index < -0.39 is 12.2 Å². The zero-order chi connectivity index (χ0) is 28.2. The minimum absolute atomic E-state index is 0.183. The molecule has 2 heterocycles. The zero-order valence-corrected chi connectivity index (χ0v) is 23.2. The molecule has 210 valence electrons. The second kappa shape index (κ2) is 14.5. The Kier molecular flexibility index (Phi) is 10.3. The number of carbonyl (C=O) groups excluding carboxylic acids is 2. The number of hydrogen-bond acceptors (Lipinski definition) is 4. The van der Waals surface area contributed by atoms with Gasteiger partial charge in [0.15, 0.2) is 0 Å². The Morgan fingerprint density at radius 2 is 1.05 bits per heavy atom. The van der Waals surface area contributed by atoms with Gasteiger partial charge in [-0.2, -0.15) is 0 Å². The smallest absolute Gasteiger partial charge is 0.410 e. The third-order valence-electron chi connectivity index (χ3n) is 6.47. The van der Waals surface area contributed by atoms with Gasteiger partial charge in [0, 0.05) is 13.1 Å². The number of aryl methyl sites for hydroxylation is 2. The molecular weight excluding hydrogens is 508 g/mol. The number of hydrogen-bond donors (Lipinski definition) is 0. The van der Waals surface area contributed by atoms with Gasteiger partial charge in [0.05, 0.1) is 27.2 Å². The lowest BCUT2D eigenvalue weighted by Crippen LogP contribution is -2.43. The molecule has 0 N–H and O–H groups in total. The summed E-state index contributed by atoms with van der Waals surface area (Å²) in [5, 5.41) is 0. The molecule has 0 aliphatic rings. The first-order chi connectivity index (χ1) is 19.5. The van der Waals surface area contributed by atoms with E-state index in [4.69, 9.17) is 9.47 Å². The highest BCUT2D eigenvalue weighted by Crippen LogP contribution is 2.07. The topological polar surface area (TPSA) is 76.7 Å². The molecule has 0 aliphatic heterocycles. The Bertz CT molecular complexity index is 1230. The van der Waals surface area contributed by atoms with Crippen LogP contribution in [0.15, 0.2) is 98.1 Å². The van der Waals surface area contributed by atoms with Crippen molar-refractivity contribution in [3.05, 3.63) is 109 Å². The van der Waals surface area contributed by atoms with Crippen LogP contribution in [0.25, 0.3) is 0 Å². The Morgan fingerprint density at radius 1 is 0.650 bits per heavy atom. The van der Waals surface area contributed by atoms with Crippen LogP contribution in [0.3, 0.4) is 0 Å². The largest absolute Gasteiger partial charge is 0.445 e. The normalized spacial score (nSPS) is 10.8. The summed E-state index contributed by atoms with van der Waals surface area (Å²) in [4.78, 5) is 29.6. The van der Waals surface area contributed by atoms with Crippen molar-refractivity contribution in [2.24, 2.45) is 14.1 Å². The molecule has 4 rings (SSSR count). The molecule has 0 bridgehead atoms. The van der Waals surface area contributed by atoms with Crippen molar-refractivity contribution in [2.75, 3.05) is 26.2 Å². The fourth-order valence-electron chi connectivity index (χ4n) is 4.19. The van der Waals surface area contributed by atoms with Crippen LogP contribution in [-0.4, -0.2) is 57.3 Å². The summed E-state index contributed by atoms with van der Waals surface area (Å²) in [5.74, 6) is 0. The molecule has 0 aliphatic carbocycles. The van der Waals surface area contributed by atoms with Crippen LogP contribution in [0, 0.1) is 0 Å². The van der Waals surface area contributed by atoms with Crippen molar-refractivity contribution in [3.8, 4) is 0 Å². The van der Waals surface area contributed by atoms with Crippen molar-refractivity contribution < 1.29 is 28.2 Å². The molecule has 40 heavy (non-hydrogen) atoms. The highest BCUT2D eigenvalue weighted by atomic mass is 16.6. The monoisotopic (exact) mass is 546 g/mol. The van der Waals surface area contributed by atoms with Crippen LogP contribution < -0.4 is 9.13 Å². The summed E-state index contributed by atoms with van der Waals surface area (Å²) in [6, 6.07) is 19.2. The number of aromatic nitrogens is 4. The molecular formula is C30H38N6O4+2. The lowest BCUT2D eigenvalue weighted by molar-refractivity contribution is -0.671. The Morgan fingerprint density at radius 3 is 1.40 bits per heavy atom. The van der Waals surface area contributed by atoms with Gasteiger partial charge in [-0.1, -0.05) is 60.7 Å². The summed E-state index contributed by atoms with van der Waals surface area (Å²) in [6.45, 7) is 3.04. The van der Waals surface area contributed by atoms with Crippen LogP contribution in [0.4, 0.5) is 9.59 Å². The van der Waals surface area contributed by atoms with Crippen LogP contribution in [0.1, 0.15) is 11.1 Å². The Labute approximate surface area is 235 Å². The number of carbonyl (C=O) groups is 2. The van der Waals surface area contributed by atoms with Gasteiger partial charge in [-0.05, 0) is 11.1 Å². The molecule has 2 aromatic heterocycles. The first-order valence-corrected chi connectivity index (χ1v) is 13.4. The van der Waals surface area contributed by atoms with E-state index in [-0.39, 0.29) is 13.2 Å². The van der Waals surface area contributed by atoms with Gasteiger partial charge in [0.1, 0.15) is 51.1 Å². The van der Waals surface area contributed by atoms with E-state index in [0.29, 0.717) is 39.3 Å². The van der Waals surface area contributed by atoms with E-state index >= 15 is 0 Å². The third-order valence-corrected chi connectivity index (χ3v) is 6.47. The molecule has 0 radical (unpaired) electrons. The molecule has 10 heteroatoms. The number of nitrogens with zero attached hydrogens (tertiary/aromatic N) is 6.